The van der Waals surface area contributed by atoms with Gasteiger partial charge in [0, 0.05) is 0 Å². The molecule has 5 N–H and O–H groups in total. The Morgan fingerprint density at radius 3 is 2.42 bits per heavy atom. The molecule has 1 aliphatic rings. The van der Waals surface area contributed by atoms with Crippen LogP contribution < -0.4 is 5.32 Å². The van der Waals surface area contributed by atoms with E-state index in [0.29, 0.717) is 10.7 Å². The summed E-state index contributed by atoms with van der Waals surface area (Å²) >= 11 is 5.97. The molecule has 106 valence electrons. The van der Waals surface area contributed by atoms with Gasteiger partial charge >= 0.3 is 0 Å². The van der Waals surface area contributed by atoms with Crippen molar-refractivity contribution in [3.8, 4) is 0 Å². The van der Waals surface area contributed by atoms with Gasteiger partial charge in [-0.3, -0.25) is 0 Å². The minimum atomic E-state index is -1.41. The lowest BCUT2D eigenvalue weighted by molar-refractivity contribution is -0.221. The fourth-order valence-corrected chi connectivity index (χ4v) is 2.14. The van der Waals surface area contributed by atoms with Crippen LogP contribution in [0.1, 0.15) is 0 Å². The SMILES string of the molecule is OC[C@H]1O[C@@H](Nc2ccccc2Cl)[C@@H](O)[C@@H](O)[C@@H]1O. The van der Waals surface area contributed by atoms with Gasteiger partial charge in [0.15, 0.2) is 6.23 Å². The van der Waals surface area contributed by atoms with Crippen molar-refractivity contribution < 1.29 is 25.2 Å². The van der Waals surface area contributed by atoms with E-state index in [2.05, 4.69) is 5.32 Å². The first-order valence-corrected chi connectivity index (χ1v) is 6.24. The van der Waals surface area contributed by atoms with Crippen molar-refractivity contribution in [2.24, 2.45) is 0 Å². The highest BCUT2D eigenvalue weighted by Gasteiger charge is 2.43. The summed E-state index contributed by atoms with van der Waals surface area (Å²) in [5.41, 5.74) is 0.522. The van der Waals surface area contributed by atoms with Crippen molar-refractivity contribution in [2.75, 3.05) is 11.9 Å². The molecule has 1 aliphatic heterocycles. The third kappa shape index (κ3) is 3.00. The second-order valence-electron chi connectivity index (χ2n) is 4.37. The van der Waals surface area contributed by atoms with Crippen LogP contribution in [0.25, 0.3) is 0 Å². The van der Waals surface area contributed by atoms with Crippen LogP contribution >= 0.6 is 11.6 Å². The maximum Gasteiger partial charge on any atom is 0.157 e. The average Bonchev–Trinajstić information content (AvgIpc) is 2.41. The molecule has 1 heterocycles. The molecule has 19 heavy (non-hydrogen) atoms. The van der Waals surface area contributed by atoms with E-state index in [1.165, 1.54) is 0 Å². The number of rotatable bonds is 3. The molecule has 2 rings (SSSR count). The first-order chi connectivity index (χ1) is 9.04. The van der Waals surface area contributed by atoms with E-state index in [1.807, 2.05) is 0 Å². The van der Waals surface area contributed by atoms with Crippen molar-refractivity contribution in [3.63, 3.8) is 0 Å². The highest BCUT2D eigenvalue weighted by molar-refractivity contribution is 6.33. The molecule has 1 aromatic carbocycles. The largest absolute Gasteiger partial charge is 0.394 e. The molecule has 0 spiro atoms. The zero-order chi connectivity index (χ0) is 14.0. The van der Waals surface area contributed by atoms with Crippen LogP contribution in [0, 0.1) is 0 Å². The lowest BCUT2D eigenvalue weighted by Gasteiger charge is -2.40. The average molecular weight is 290 g/mol. The molecular weight excluding hydrogens is 274 g/mol. The highest BCUT2D eigenvalue weighted by atomic mass is 35.5. The summed E-state index contributed by atoms with van der Waals surface area (Å²) in [7, 11) is 0. The number of halogens is 1. The van der Waals surface area contributed by atoms with Crippen molar-refractivity contribution in [1.82, 2.24) is 0 Å². The topological polar surface area (TPSA) is 102 Å². The number of anilines is 1. The summed E-state index contributed by atoms with van der Waals surface area (Å²) in [5.74, 6) is 0. The first-order valence-electron chi connectivity index (χ1n) is 5.86. The number of nitrogens with one attached hydrogen (secondary N) is 1. The maximum absolute atomic E-state index is 9.85. The van der Waals surface area contributed by atoms with Gasteiger partial charge < -0.3 is 30.5 Å². The summed E-state index contributed by atoms with van der Waals surface area (Å²) in [4.78, 5) is 0. The Labute approximate surface area is 115 Å². The molecule has 0 saturated carbocycles. The molecule has 0 amide bonds. The Morgan fingerprint density at radius 2 is 1.79 bits per heavy atom. The summed E-state index contributed by atoms with van der Waals surface area (Å²) in [6.45, 7) is -0.467. The molecule has 1 fully saturated rings. The van der Waals surface area contributed by atoms with Crippen LogP contribution in [0.15, 0.2) is 24.3 Å². The van der Waals surface area contributed by atoms with Crippen molar-refractivity contribution in [2.45, 2.75) is 30.6 Å². The zero-order valence-corrected chi connectivity index (χ0v) is 10.7. The van der Waals surface area contributed by atoms with E-state index in [-0.39, 0.29) is 0 Å². The van der Waals surface area contributed by atoms with Crippen LogP contribution in [-0.2, 0) is 4.74 Å². The van der Waals surface area contributed by atoms with E-state index in [9.17, 15) is 15.3 Å². The van der Waals surface area contributed by atoms with Gasteiger partial charge in [-0.15, -0.1) is 0 Å². The molecule has 0 aromatic heterocycles. The normalized spacial score (nSPS) is 35.1. The van der Waals surface area contributed by atoms with Gasteiger partial charge in [-0.2, -0.15) is 0 Å². The first kappa shape index (κ1) is 14.5. The van der Waals surface area contributed by atoms with E-state index in [1.54, 1.807) is 24.3 Å². The van der Waals surface area contributed by atoms with Gasteiger partial charge in [0.05, 0.1) is 17.3 Å². The number of hydrogen-bond donors (Lipinski definition) is 5. The van der Waals surface area contributed by atoms with E-state index in [0.717, 1.165) is 0 Å². The summed E-state index contributed by atoms with van der Waals surface area (Å²) < 4.78 is 5.31. The van der Waals surface area contributed by atoms with Crippen molar-refractivity contribution in [3.05, 3.63) is 29.3 Å². The second-order valence-corrected chi connectivity index (χ2v) is 4.78. The molecule has 0 aliphatic carbocycles. The zero-order valence-electron chi connectivity index (χ0n) is 9.98. The van der Waals surface area contributed by atoms with Crippen LogP contribution in [0.5, 0.6) is 0 Å². The Kier molecular flexibility index (Phi) is 4.62. The number of aliphatic hydroxyl groups excluding tert-OH is 4. The Morgan fingerprint density at radius 1 is 1.11 bits per heavy atom. The third-order valence-corrected chi connectivity index (χ3v) is 3.39. The monoisotopic (exact) mass is 289 g/mol. The predicted octanol–water partition coefficient (Wildman–Crippen LogP) is -0.448. The fraction of sp³-hybridized carbons (Fsp3) is 0.500. The Hall–Kier alpha value is -0.890. The highest BCUT2D eigenvalue weighted by Crippen LogP contribution is 2.26. The molecule has 1 aromatic rings. The minimum Gasteiger partial charge on any atom is -0.394 e. The molecule has 0 unspecified atom stereocenters. The number of para-hydroxylation sites is 1. The van der Waals surface area contributed by atoms with E-state index < -0.39 is 37.3 Å². The fourth-order valence-electron chi connectivity index (χ4n) is 1.95. The van der Waals surface area contributed by atoms with Gasteiger partial charge in [-0.25, -0.2) is 0 Å². The van der Waals surface area contributed by atoms with Crippen molar-refractivity contribution >= 4 is 17.3 Å². The molecule has 0 radical (unpaired) electrons. The van der Waals surface area contributed by atoms with Gasteiger partial charge in [-0.05, 0) is 12.1 Å². The Balaban J connectivity index is 2.13. The number of ether oxygens (including phenoxy) is 1. The molecule has 1 saturated heterocycles. The standard InChI is InChI=1S/C12H16ClNO5/c13-6-3-1-2-4-7(6)14-12-11(18)10(17)9(16)8(5-15)19-12/h1-4,8-12,14-18H,5H2/t8-,9-,10+,11+,12-/m1/s1. The van der Waals surface area contributed by atoms with Gasteiger partial charge in [0.25, 0.3) is 0 Å². The molecule has 0 bridgehead atoms. The Bertz CT molecular complexity index is 430. The summed E-state index contributed by atoms with van der Waals surface area (Å²) in [5, 5.41) is 41.5. The van der Waals surface area contributed by atoms with Gasteiger partial charge in [-0.1, -0.05) is 23.7 Å². The number of hydrogen-bond acceptors (Lipinski definition) is 6. The van der Waals surface area contributed by atoms with Crippen molar-refractivity contribution in [1.29, 1.82) is 0 Å². The van der Waals surface area contributed by atoms with E-state index >= 15 is 0 Å². The van der Waals surface area contributed by atoms with E-state index in [4.69, 9.17) is 21.4 Å². The van der Waals surface area contributed by atoms with Crippen LogP contribution in [0.4, 0.5) is 5.69 Å². The summed E-state index contributed by atoms with van der Waals surface area (Å²) in [6.07, 6.45) is -6.04. The number of benzene rings is 1. The predicted molar refractivity (Wildman–Crippen MR) is 68.8 cm³/mol. The quantitative estimate of drug-likeness (QED) is 0.517. The van der Waals surface area contributed by atoms with Gasteiger partial charge in [0.1, 0.15) is 24.4 Å². The maximum atomic E-state index is 9.85. The summed E-state index contributed by atoms with van der Waals surface area (Å²) in [6, 6.07) is 6.84. The lowest BCUT2D eigenvalue weighted by Crippen LogP contribution is -2.60. The lowest BCUT2D eigenvalue weighted by atomic mass is 9.98. The molecule has 5 atom stereocenters. The molecular formula is C12H16ClNO5. The van der Waals surface area contributed by atoms with Crippen LogP contribution in [0.3, 0.4) is 0 Å². The molecule has 7 heteroatoms. The smallest absolute Gasteiger partial charge is 0.157 e. The third-order valence-electron chi connectivity index (χ3n) is 3.06. The van der Waals surface area contributed by atoms with Crippen LogP contribution in [0.2, 0.25) is 5.02 Å². The number of aliphatic hydroxyl groups is 4. The molecule has 6 nitrogen and oxygen atoms in total. The van der Waals surface area contributed by atoms with Crippen LogP contribution in [-0.4, -0.2) is 57.7 Å². The minimum absolute atomic E-state index is 0.430. The second kappa shape index (κ2) is 6.04. The van der Waals surface area contributed by atoms with Gasteiger partial charge in [0.2, 0.25) is 0 Å².